The molecule has 0 saturated heterocycles. The van der Waals surface area contributed by atoms with Crippen molar-refractivity contribution in [2.75, 3.05) is 11.1 Å². The largest absolute Gasteiger partial charge is 0.323 e. The molecule has 8 heteroatoms. The standard InChI is InChI=1S/C18H14ClF2N3OS/c1-11-13(19)3-2-4-16(11)24-8-7-22-18(24)26-10-17(25)23-15-9-12(20)5-6-14(15)21/h2-9H,10H2,1H3,(H,23,25). The van der Waals surface area contributed by atoms with E-state index in [1.807, 2.05) is 23.6 Å². The lowest BCUT2D eigenvalue weighted by molar-refractivity contribution is -0.113. The minimum atomic E-state index is -0.694. The second-order valence-electron chi connectivity index (χ2n) is 5.42. The molecule has 0 unspecified atom stereocenters. The Bertz CT molecular complexity index is 961. The summed E-state index contributed by atoms with van der Waals surface area (Å²) in [7, 11) is 0. The number of aromatic nitrogens is 2. The van der Waals surface area contributed by atoms with E-state index in [1.165, 1.54) is 11.8 Å². The van der Waals surface area contributed by atoms with Gasteiger partial charge in [0.15, 0.2) is 5.16 Å². The Morgan fingerprint density at radius 3 is 2.92 bits per heavy atom. The Labute approximate surface area is 158 Å². The first kappa shape index (κ1) is 18.4. The molecule has 26 heavy (non-hydrogen) atoms. The second-order valence-corrected chi connectivity index (χ2v) is 6.77. The molecule has 0 spiro atoms. The first-order chi connectivity index (χ1) is 12.5. The lowest BCUT2D eigenvalue weighted by Gasteiger charge is -2.11. The van der Waals surface area contributed by atoms with E-state index in [0.717, 1.165) is 29.4 Å². The van der Waals surface area contributed by atoms with E-state index >= 15 is 0 Å². The van der Waals surface area contributed by atoms with Crippen LogP contribution < -0.4 is 5.32 Å². The molecule has 0 fully saturated rings. The highest BCUT2D eigenvalue weighted by atomic mass is 35.5. The zero-order chi connectivity index (χ0) is 18.7. The number of nitrogens with zero attached hydrogens (tertiary/aromatic N) is 2. The van der Waals surface area contributed by atoms with Gasteiger partial charge in [-0.3, -0.25) is 9.36 Å². The monoisotopic (exact) mass is 393 g/mol. The maximum Gasteiger partial charge on any atom is 0.234 e. The topological polar surface area (TPSA) is 46.9 Å². The van der Waals surface area contributed by atoms with Gasteiger partial charge in [-0.05, 0) is 36.8 Å². The number of hydrogen-bond acceptors (Lipinski definition) is 3. The van der Waals surface area contributed by atoms with Crippen LogP contribution in [0.3, 0.4) is 0 Å². The number of imidazole rings is 1. The van der Waals surface area contributed by atoms with Crippen LogP contribution in [-0.2, 0) is 4.79 Å². The molecular weight excluding hydrogens is 380 g/mol. The van der Waals surface area contributed by atoms with Crippen molar-refractivity contribution in [3.8, 4) is 5.69 Å². The zero-order valence-corrected chi connectivity index (χ0v) is 15.2. The van der Waals surface area contributed by atoms with Gasteiger partial charge >= 0.3 is 0 Å². The highest BCUT2D eigenvalue weighted by molar-refractivity contribution is 7.99. The normalized spacial score (nSPS) is 10.8. The van der Waals surface area contributed by atoms with Gasteiger partial charge in [-0.15, -0.1) is 0 Å². The Balaban J connectivity index is 1.71. The molecule has 3 aromatic rings. The van der Waals surface area contributed by atoms with E-state index < -0.39 is 17.5 Å². The van der Waals surface area contributed by atoms with Gasteiger partial charge in [0.1, 0.15) is 11.6 Å². The van der Waals surface area contributed by atoms with E-state index in [1.54, 1.807) is 18.5 Å². The number of carbonyl (C=O) groups excluding carboxylic acids is 1. The minimum Gasteiger partial charge on any atom is -0.323 e. The predicted octanol–water partition coefficient (Wildman–Crippen LogP) is 4.84. The molecule has 2 aromatic carbocycles. The van der Waals surface area contributed by atoms with Gasteiger partial charge in [0.2, 0.25) is 5.91 Å². The number of carbonyl (C=O) groups is 1. The molecule has 134 valence electrons. The molecule has 0 radical (unpaired) electrons. The van der Waals surface area contributed by atoms with Crippen molar-refractivity contribution >= 4 is 35.0 Å². The lowest BCUT2D eigenvalue weighted by atomic mass is 10.2. The Morgan fingerprint density at radius 1 is 1.31 bits per heavy atom. The lowest BCUT2D eigenvalue weighted by Crippen LogP contribution is -2.15. The zero-order valence-electron chi connectivity index (χ0n) is 13.7. The molecule has 0 saturated carbocycles. The van der Waals surface area contributed by atoms with Gasteiger partial charge in [0.25, 0.3) is 0 Å². The SMILES string of the molecule is Cc1c(Cl)cccc1-n1ccnc1SCC(=O)Nc1cc(F)ccc1F. The molecular formula is C18H14ClF2N3OS. The fourth-order valence-electron chi connectivity index (χ4n) is 2.35. The third-order valence-corrected chi connectivity index (χ3v) is 5.02. The van der Waals surface area contributed by atoms with Crippen LogP contribution in [0.4, 0.5) is 14.5 Å². The average Bonchev–Trinajstić information content (AvgIpc) is 3.07. The van der Waals surface area contributed by atoms with Gasteiger partial charge in [0, 0.05) is 23.5 Å². The Hall–Kier alpha value is -2.38. The van der Waals surface area contributed by atoms with E-state index in [2.05, 4.69) is 10.3 Å². The smallest absolute Gasteiger partial charge is 0.234 e. The van der Waals surface area contributed by atoms with E-state index in [9.17, 15) is 13.6 Å². The predicted molar refractivity (Wildman–Crippen MR) is 99.0 cm³/mol. The Kier molecular flexibility index (Phi) is 5.58. The van der Waals surface area contributed by atoms with Crippen molar-refractivity contribution in [3.63, 3.8) is 0 Å². The van der Waals surface area contributed by atoms with Crippen LogP contribution in [0.15, 0.2) is 53.9 Å². The summed E-state index contributed by atoms with van der Waals surface area (Å²) in [5, 5.41) is 3.58. The summed E-state index contributed by atoms with van der Waals surface area (Å²) in [6.07, 6.45) is 3.39. The second kappa shape index (κ2) is 7.88. The fourth-order valence-corrected chi connectivity index (χ4v) is 3.28. The summed E-state index contributed by atoms with van der Waals surface area (Å²) in [4.78, 5) is 16.3. The van der Waals surface area contributed by atoms with Gasteiger partial charge in [-0.2, -0.15) is 0 Å². The van der Waals surface area contributed by atoms with Crippen LogP contribution in [0.2, 0.25) is 5.02 Å². The number of rotatable bonds is 5. The summed E-state index contributed by atoms with van der Waals surface area (Å²) in [5.41, 5.74) is 1.55. The number of thioether (sulfide) groups is 1. The molecule has 0 atom stereocenters. The number of nitrogens with one attached hydrogen (secondary N) is 1. The van der Waals surface area contributed by atoms with Crippen LogP contribution in [-0.4, -0.2) is 21.2 Å². The van der Waals surface area contributed by atoms with Crippen LogP contribution in [0.5, 0.6) is 0 Å². The molecule has 1 N–H and O–H groups in total. The van der Waals surface area contributed by atoms with Crippen LogP contribution >= 0.6 is 23.4 Å². The first-order valence-corrected chi connectivity index (χ1v) is 8.98. The number of halogens is 3. The van der Waals surface area contributed by atoms with Gasteiger partial charge in [-0.25, -0.2) is 13.8 Å². The minimum absolute atomic E-state index is 0.00736. The third kappa shape index (κ3) is 4.05. The molecule has 0 aliphatic heterocycles. The van der Waals surface area contributed by atoms with Crippen molar-refractivity contribution in [2.24, 2.45) is 0 Å². The van der Waals surface area contributed by atoms with Crippen molar-refractivity contribution < 1.29 is 13.6 Å². The van der Waals surface area contributed by atoms with Crippen molar-refractivity contribution in [1.82, 2.24) is 9.55 Å². The average molecular weight is 394 g/mol. The number of anilines is 1. The van der Waals surface area contributed by atoms with Crippen LogP contribution in [0, 0.1) is 18.6 Å². The first-order valence-electron chi connectivity index (χ1n) is 7.62. The Morgan fingerprint density at radius 2 is 2.12 bits per heavy atom. The molecule has 1 heterocycles. The highest BCUT2D eigenvalue weighted by Crippen LogP contribution is 2.26. The van der Waals surface area contributed by atoms with E-state index in [-0.39, 0.29) is 11.4 Å². The fraction of sp³-hybridized carbons (Fsp3) is 0.111. The molecule has 0 aliphatic rings. The van der Waals surface area contributed by atoms with Crippen LogP contribution in [0.25, 0.3) is 5.69 Å². The van der Waals surface area contributed by atoms with E-state index in [0.29, 0.717) is 10.2 Å². The molecule has 0 aliphatic carbocycles. The number of amides is 1. The van der Waals surface area contributed by atoms with Crippen LogP contribution in [0.1, 0.15) is 5.56 Å². The summed E-state index contributed by atoms with van der Waals surface area (Å²) >= 11 is 7.34. The number of benzene rings is 2. The maximum atomic E-state index is 13.6. The highest BCUT2D eigenvalue weighted by Gasteiger charge is 2.13. The van der Waals surface area contributed by atoms with Crippen molar-refractivity contribution in [2.45, 2.75) is 12.1 Å². The summed E-state index contributed by atoms with van der Waals surface area (Å²) in [6.45, 7) is 1.89. The van der Waals surface area contributed by atoms with Gasteiger partial charge in [0.05, 0.1) is 17.1 Å². The summed E-state index contributed by atoms with van der Waals surface area (Å²) < 4.78 is 28.6. The third-order valence-electron chi connectivity index (χ3n) is 3.64. The summed E-state index contributed by atoms with van der Waals surface area (Å²) in [5.74, 6) is -1.79. The van der Waals surface area contributed by atoms with E-state index in [4.69, 9.17) is 11.6 Å². The molecule has 1 amide bonds. The molecule has 0 bridgehead atoms. The molecule has 1 aromatic heterocycles. The van der Waals surface area contributed by atoms with Crippen molar-refractivity contribution in [1.29, 1.82) is 0 Å². The maximum absolute atomic E-state index is 13.6. The van der Waals surface area contributed by atoms with Gasteiger partial charge in [-0.1, -0.05) is 29.4 Å². The van der Waals surface area contributed by atoms with Crippen molar-refractivity contribution in [3.05, 3.63) is 71.0 Å². The summed E-state index contributed by atoms with van der Waals surface area (Å²) in [6, 6.07) is 8.42. The quantitative estimate of drug-likeness (QED) is 0.631. The van der Waals surface area contributed by atoms with Gasteiger partial charge < -0.3 is 5.32 Å². The molecule has 3 rings (SSSR count). The molecule has 4 nitrogen and oxygen atoms in total. The number of hydrogen-bond donors (Lipinski definition) is 1.